The summed E-state index contributed by atoms with van der Waals surface area (Å²) in [5.41, 5.74) is 3.25. The summed E-state index contributed by atoms with van der Waals surface area (Å²) < 4.78 is 7.03. The van der Waals surface area contributed by atoms with Crippen molar-refractivity contribution in [1.29, 1.82) is 0 Å². The first-order chi connectivity index (χ1) is 15.2. The first-order valence-corrected chi connectivity index (χ1v) is 10.8. The SMILES string of the molecule is CCc1ccc(-c2noc(CSc3nc4c(cnn4-c4ccccc4)c(=O)[nH]3)n2)cc1. The molecule has 0 spiro atoms. The van der Waals surface area contributed by atoms with Crippen molar-refractivity contribution < 1.29 is 4.52 Å². The lowest BCUT2D eigenvalue weighted by Gasteiger charge is -2.03. The highest BCUT2D eigenvalue weighted by Gasteiger charge is 2.14. The van der Waals surface area contributed by atoms with E-state index in [0.717, 1.165) is 17.7 Å². The molecule has 0 atom stereocenters. The first-order valence-electron chi connectivity index (χ1n) is 9.79. The van der Waals surface area contributed by atoms with Crippen LogP contribution in [0.3, 0.4) is 0 Å². The van der Waals surface area contributed by atoms with Crippen LogP contribution in [0.25, 0.3) is 28.1 Å². The fourth-order valence-corrected chi connectivity index (χ4v) is 3.87. The van der Waals surface area contributed by atoms with E-state index in [0.29, 0.717) is 33.7 Å². The zero-order chi connectivity index (χ0) is 21.2. The second-order valence-electron chi connectivity index (χ2n) is 6.85. The Balaban J connectivity index is 1.37. The van der Waals surface area contributed by atoms with Crippen LogP contribution in [-0.2, 0) is 12.2 Å². The Labute approximate surface area is 181 Å². The number of fused-ring (bicyclic) bond motifs is 1. The number of rotatable bonds is 6. The zero-order valence-electron chi connectivity index (χ0n) is 16.6. The van der Waals surface area contributed by atoms with Gasteiger partial charge < -0.3 is 9.51 Å². The predicted molar refractivity (Wildman–Crippen MR) is 118 cm³/mol. The molecule has 3 heterocycles. The monoisotopic (exact) mass is 430 g/mol. The van der Waals surface area contributed by atoms with Crippen molar-refractivity contribution in [2.45, 2.75) is 24.3 Å². The summed E-state index contributed by atoms with van der Waals surface area (Å²) in [6.45, 7) is 2.11. The van der Waals surface area contributed by atoms with Crippen molar-refractivity contribution in [3.8, 4) is 17.1 Å². The Morgan fingerprint density at radius 1 is 1.06 bits per heavy atom. The number of nitrogens with one attached hydrogen (secondary N) is 1. The van der Waals surface area contributed by atoms with Crippen LogP contribution in [0.15, 0.2) is 75.3 Å². The van der Waals surface area contributed by atoms with E-state index < -0.39 is 0 Å². The largest absolute Gasteiger partial charge is 0.338 e. The Morgan fingerprint density at radius 3 is 2.65 bits per heavy atom. The fraction of sp³-hybridized carbons (Fsp3) is 0.136. The number of aromatic amines is 1. The van der Waals surface area contributed by atoms with Gasteiger partial charge in [-0.05, 0) is 24.1 Å². The van der Waals surface area contributed by atoms with E-state index in [2.05, 4.69) is 44.3 Å². The summed E-state index contributed by atoms with van der Waals surface area (Å²) in [6, 6.07) is 17.7. The number of H-pyrrole nitrogens is 1. The van der Waals surface area contributed by atoms with E-state index in [4.69, 9.17) is 4.52 Å². The van der Waals surface area contributed by atoms with Crippen LogP contribution < -0.4 is 5.56 Å². The molecule has 8 nitrogen and oxygen atoms in total. The molecule has 3 aromatic heterocycles. The minimum absolute atomic E-state index is 0.239. The molecular weight excluding hydrogens is 412 g/mol. The number of para-hydroxylation sites is 1. The molecule has 0 aliphatic rings. The third-order valence-corrected chi connectivity index (χ3v) is 5.70. The lowest BCUT2D eigenvalue weighted by atomic mass is 10.1. The van der Waals surface area contributed by atoms with Gasteiger partial charge in [0, 0.05) is 5.56 Å². The van der Waals surface area contributed by atoms with Crippen molar-refractivity contribution in [3.63, 3.8) is 0 Å². The smallest absolute Gasteiger partial charge is 0.262 e. The molecule has 0 aliphatic heterocycles. The third kappa shape index (κ3) is 3.87. The van der Waals surface area contributed by atoms with Gasteiger partial charge in [0.15, 0.2) is 10.8 Å². The Morgan fingerprint density at radius 2 is 1.87 bits per heavy atom. The standard InChI is InChI=1S/C22H18N6O2S/c1-2-14-8-10-15(11-9-14)19-24-18(30-27-19)13-31-22-25-20-17(21(29)26-22)12-23-28(20)16-6-4-3-5-7-16/h3-12H,2,13H2,1H3,(H,25,26,29). The molecule has 5 rings (SSSR count). The van der Waals surface area contributed by atoms with E-state index in [1.54, 1.807) is 4.68 Å². The lowest BCUT2D eigenvalue weighted by molar-refractivity contribution is 0.391. The van der Waals surface area contributed by atoms with Crippen LogP contribution in [0.2, 0.25) is 0 Å². The van der Waals surface area contributed by atoms with Crippen LogP contribution in [0.4, 0.5) is 0 Å². The maximum absolute atomic E-state index is 12.5. The molecule has 1 N–H and O–H groups in total. The normalized spacial score (nSPS) is 11.3. The second-order valence-corrected chi connectivity index (χ2v) is 7.82. The van der Waals surface area contributed by atoms with Gasteiger partial charge in [-0.3, -0.25) is 4.79 Å². The first kappa shape index (κ1) is 19.3. The quantitative estimate of drug-likeness (QED) is 0.321. The van der Waals surface area contributed by atoms with Gasteiger partial charge in [-0.2, -0.15) is 10.1 Å². The van der Waals surface area contributed by atoms with Crippen molar-refractivity contribution in [2.75, 3.05) is 0 Å². The summed E-state index contributed by atoms with van der Waals surface area (Å²) >= 11 is 1.32. The molecule has 0 radical (unpaired) electrons. The van der Waals surface area contributed by atoms with Gasteiger partial charge in [-0.1, -0.05) is 66.3 Å². The average Bonchev–Trinajstić information content (AvgIpc) is 3.46. The summed E-state index contributed by atoms with van der Waals surface area (Å²) in [7, 11) is 0. The van der Waals surface area contributed by atoms with Gasteiger partial charge in [0.1, 0.15) is 5.39 Å². The Kier molecular flexibility index (Phi) is 5.09. The van der Waals surface area contributed by atoms with E-state index in [1.807, 2.05) is 42.5 Å². The molecule has 0 unspecified atom stereocenters. The minimum Gasteiger partial charge on any atom is -0.338 e. The fourth-order valence-electron chi connectivity index (χ4n) is 3.18. The lowest BCUT2D eigenvalue weighted by Crippen LogP contribution is -2.09. The van der Waals surface area contributed by atoms with Gasteiger partial charge in [0.2, 0.25) is 11.7 Å². The maximum atomic E-state index is 12.5. The molecule has 0 bridgehead atoms. The number of hydrogen-bond donors (Lipinski definition) is 1. The van der Waals surface area contributed by atoms with Crippen LogP contribution in [-0.4, -0.2) is 29.9 Å². The van der Waals surface area contributed by atoms with E-state index >= 15 is 0 Å². The van der Waals surface area contributed by atoms with Crippen LogP contribution >= 0.6 is 11.8 Å². The number of aromatic nitrogens is 6. The zero-order valence-corrected chi connectivity index (χ0v) is 17.5. The molecule has 0 saturated heterocycles. The van der Waals surface area contributed by atoms with Gasteiger partial charge in [0.25, 0.3) is 5.56 Å². The number of benzene rings is 2. The Bertz CT molecular complexity index is 1390. The van der Waals surface area contributed by atoms with Crippen LogP contribution in [0, 0.1) is 0 Å². The van der Waals surface area contributed by atoms with Crippen LogP contribution in [0.5, 0.6) is 0 Å². The average molecular weight is 430 g/mol. The molecule has 2 aromatic carbocycles. The number of thioether (sulfide) groups is 1. The van der Waals surface area contributed by atoms with E-state index in [-0.39, 0.29) is 5.56 Å². The number of nitrogens with zero attached hydrogens (tertiary/aromatic N) is 5. The van der Waals surface area contributed by atoms with Gasteiger partial charge in [0.05, 0.1) is 17.6 Å². The summed E-state index contributed by atoms with van der Waals surface area (Å²) in [6.07, 6.45) is 2.50. The highest BCUT2D eigenvalue weighted by molar-refractivity contribution is 7.98. The molecule has 0 amide bonds. The second kappa shape index (κ2) is 8.19. The van der Waals surface area contributed by atoms with Crippen molar-refractivity contribution in [3.05, 3.63) is 82.6 Å². The predicted octanol–water partition coefficient (Wildman–Crippen LogP) is 4.01. The molecule has 31 heavy (non-hydrogen) atoms. The van der Waals surface area contributed by atoms with E-state index in [9.17, 15) is 4.79 Å². The van der Waals surface area contributed by atoms with E-state index in [1.165, 1.54) is 23.5 Å². The molecule has 0 fully saturated rings. The molecule has 9 heteroatoms. The number of aryl methyl sites for hydroxylation is 1. The highest BCUT2D eigenvalue weighted by Crippen LogP contribution is 2.23. The summed E-state index contributed by atoms with van der Waals surface area (Å²) in [5, 5.41) is 9.27. The summed E-state index contributed by atoms with van der Waals surface area (Å²) in [5.74, 6) is 1.38. The van der Waals surface area contributed by atoms with Crippen molar-refractivity contribution in [2.24, 2.45) is 0 Å². The minimum atomic E-state index is -0.239. The van der Waals surface area contributed by atoms with Gasteiger partial charge in [-0.25, -0.2) is 9.67 Å². The topological polar surface area (TPSA) is 102 Å². The molecule has 0 aliphatic carbocycles. The van der Waals surface area contributed by atoms with Gasteiger partial charge in [-0.15, -0.1) is 0 Å². The molecule has 5 aromatic rings. The number of hydrogen-bond acceptors (Lipinski definition) is 7. The van der Waals surface area contributed by atoms with Crippen LogP contribution in [0.1, 0.15) is 18.4 Å². The van der Waals surface area contributed by atoms with Crippen molar-refractivity contribution >= 4 is 22.8 Å². The molecular formula is C22H18N6O2S. The molecule has 154 valence electrons. The summed E-state index contributed by atoms with van der Waals surface area (Å²) in [4.78, 5) is 24.3. The third-order valence-electron chi connectivity index (χ3n) is 4.84. The van der Waals surface area contributed by atoms with Crippen molar-refractivity contribution in [1.82, 2.24) is 29.9 Å². The van der Waals surface area contributed by atoms with Gasteiger partial charge >= 0.3 is 0 Å². The Hall–Kier alpha value is -3.72. The maximum Gasteiger partial charge on any atom is 0.262 e. The highest BCUT2D eigenvalue weighted by atomic mass is 32.2. The molecule has 0 saturated carbocycles.